The summed E-state index contributed by atoms with van der Waals surface area (Å²) in [5.41, 5.74) is 1.42. The van der Waals surface area contributed by atoms with Crippen LogP contribution < -0.4 is 4.89 Å². The van der Waals surface area contributed by atoms with Gasteiger partial charge < -0.3 is 0 Å². The molecule has 0 aliphatic heterocycles. The van der Waals surface area contributed by atoms with E-state index in [4.69, 9.17) is 4.89 Å². The second-order valence-electron chi connectivity index (χ2n) is 3.05. The van der Waals surface area contributed by atoms with E-state index >= 15 is 0 Å². The average molecular weight is 192 g/mol. The Morgan fingerprint density at radius 2 is 1.86 bits per heavy atom. The van der Waals surface area contributed by atoms with E-state index in [-0.39, 0.29) is 0 Å². The van der Waals surface area contributed by atoms with Crippen molar-refractivity contribution in [2.75, 3.05) is 0 Å². The average Bonchev–Trinajstić information content (AvgIpc) is 2.16. The van der Waals surface area contributed by atoms with Gasteiger partial charge in [-0.25, -0.2) is 9.68 Å². The SMILES string of the molecule is C=C(C)C(=O)OOc1ccc(C)cc1. The van der Waals surface area contributed by atoms with E-state index in [1.54, 1.807) is 19.1 Å². The van der Waals surface area contributed by atoms with Crippen LogP contribution in [-0.2, 0) is 9.68 Å². The molecule has 3 nitrogen and oxygen atoms in total. The predicted molar refractivity (Wildman–Crippen MR) is 52.7 cm³/mol. The molecule has 0 heterocycles. The first-order chi connectivity index (χ1) is 6.59. The quantitative estimate of drug-likeness (QED) is 0.419. The van der Waals surface area contributed by atoms with E-state index in [0.29, 0.717) is 11.3 Å². The zero-order valence-corrected chi connectivity index (χ0v) is 8.24. The van der Waals surface area contributed by atoms with Gasteiger partial charge in [0.05, 0.1) is 0 Å². The Kier molecular flexibility index (Phi) is 3.29. The van der Waals surface area contributed by atoms with E-state index in [9.17, 15) is 4.79 Å². The van der Waals surface area contributed by atoms with Gasteiger partial charge in [0.15, 0.2) is 5.75 Å². The molecule has 0 spiro atoms. The summed E-state index contributed by atoms with van der Waals surface area (Å²) in [7, 11) is 0. The second kappa shape index (κ2) is 4.46. The normalized spacial score (nSPS) is 9.29. The smallest absolute Gasteiger partial charge is 0.287 e. The van der Waals surface area contributed by atoms with Crippen molar-refractivity contribution in [3.05, 3.63) is 42.0 Å². The fourth-order valence-corrected chi connectivity index (χ4v) is 0.751. The standard InChI is InChI=1S/C11H12O3/c1-8(2)11(12)14-13-10-6-4-9(3)5-7-10/h4-7H,1H2,2-3H3. The largest absolute Gasteiger partial charge is 0.381 e. The third kappa shape index (κ3) is 2.94. The lowest BCUT2D eigenvalue weighted by atomic mass is 10.2. The molecule has 0 saturated carbocycles. The van der Waals surface area contributed by atoms with Crippen LogP contribution in [0.2, 0.25) is 0 Å². The molecule has 0 saturated heterocycles. The molecule has 0 unspecified atom stereocenters. The lowest BCUT2D eigenvalue weighted by molar-refractivity contribution is -0.208. The highest BCUT2D eigenvalue weighted by molar-refractivity contribution is 5.86. The molecule has 1 aromatic rings. The molecular formula is C11H12O3. The molecule has 0 fully saturated rings. The minimum Gasteiger partial charge on any atom is -0.287 e. The van der Waals surface area contributed by atoms with Crippen LogP contribution in [0, 0.1) is 6.92 Å². The summed E-state index contributed by atoms with van der Waals surface area (Å²) in [6.45, 7) is 6.95. The number of hydrogen-bond donors (Lipinski definition) is 0. The number of carbonyl (C=O) groups is 1. The molecule has 0 N–H and O–H groups in total. The Hall–Kier alpha value is -1.77. The van der Waals surface area contributed by atoms with Gasteiger partial charge in [0, 0.05) is 5.57 Å². The topological polar surface area (TPSA) is 35.5 Å². The van der Waals surface area contributed by atoms with Crippen molar-refractivity contribution in [2.45, 2.75) is 13.8 Å². The summed E-state index contributed by atoms with van der Waals surface area (Å²) in [5.74, 6) is -0.0734. The summed E-state index contributed by atoms with van der Waals surface area (Å²) >= 11 is 0. The van der Waals surface area contributed by atoms with Crippen LogP contribution in [0.25, 0.3) is 0 Å². The lowest BCUT2D eigenvalue weighted by Gasteiger charge is -2.03. The van der Waals surface area contributed by atoms with Crippen LogP contribution in [0.1, 0.15) is 12.5 Å². The number of carbonyl (C=O) groups excluding carboxylic acids is 1. The molecule has 3 heteroatoms. The van der Waals surface area contributed by atoms with Crippen molar-refractivity contribution in [2.24, 2.45) is 0 Å². The van der Waals surface area contributed by atoms with E-state index in [0.717, 1.165) is 5.56 Å². The van der Waals surface area contributed by atoms with Gasteiger partial charge in [0.1, 0.15) is 0 Å². The fraction of sp³-hybridized carbons (Fsp3) is 0.182. The highest BCUT2D eigenvalue weighted by atomic mass is 17.2. The van der Waals surface area contributed by atoms with Gasteiger partial charge in [-0.1, -0.05) is 24.3 Å². The molecule has 0 amide bonds. The third-order valence-corrected chi connectivity index (χ3v) is 1.58. The summed E-state index contributed by atoms with van der Waals surface area (Å²) in [6, 6.07) is 7.18. The maximum absolute atomic E-state index is 10.9. The first-order valence-corrected chi connectivity index (χ1v) is 4.20. The van der Waals surface area contributed by atoms with Gasteiger partial charge in [-0.2, -0.15) is 0 Å². The van der Waals surface area contributed by atoms with Crippen LogP contribution >= 0.6 is 0 Å². The van der Waals surface area contributed by atoms with Gasteiger partial charge in [0.2, 0.25) is 0 Å². The summed E-state index contributed by atoms with van der Waals surface area (Å²) in [4.78, 5) is 20.2. The highest BCUT2D eigenvalue weighted by Crippen LogP contribution is 2.12. The zero-order valence-electron chi connectivity index (χ0n) is 8.24. The van der Waals surface area contributed by atoms with Gasteiger partial charge >= 0.3 is 5.97 Å². The Labute approximate surface area is 82.9 Å². The van der Waals surface area contributed by atoms with E-state index < -0.39 is 5.97 Å². The molecule has 0 aromatic heterocycles. The number of hydrogen-bond acceptors (Lipinski definition) is 3. The molecule has 0 aliphatic rings. The highest BCUT2D eigenvalue weighted by Gasteiger charge is 2.04. The maximum Gasteiger partial charge on any atom is 0.381 e. The molecular weight excluding hydrogens is 180 g/mol. The molecule has 1 rings (SSSR count). The Balaban J connectivity index is 2.50. The van der Waals surface area contributed by atoms with Gasteiger partial charge in [-0.05, 0) is 26.0 Å². The van der Waals surface area contributed by atoms with Crippen molar-refractivity contribution in [1.82, 2.24) is 0 Å². The number of aryl methyl sites for hydroxylation is 1. The maximum atomic E-state index is 10.9. The van der Waals surface area contributed by atoms with E-state index in [1.807, 2.05) is 19.1 Å². The van der Waals surface area contributed by atoms with E-state index in [2.05, 4.69) is 11.5 Å². The number of benzene rings is 1. The van der Waals surface area contributed by atoms with Crippen LogP contribution in [-0.4, -0.2) is 5.97 Å². The predicted octanol–water partition coefficient (Wildman–Crippen LogP) is 2.41. The monoisotopic (exact) mass is 192 g/mol. The number of rotatable bonds is 3. The lowest BCUT2D eigenvalue weighted by Crippen LogP contribution is -2.08. The Morgan fingerprint density at radius 1 is 1.29 bits per heavy atom. The first kappa shape index (κ1) is 10.3. The third-order valence-electron chi connectivity index (χ3n) is 1.58. The van der Waals surface area contributed by atoms with Crippen molar-refractivity contribution in [1.29, 1.82) is 0 Å². The van der Waals surface area contributed by atoms with Crippen molar-refractivity contribution < 1.29 is 14.6 Å². The Bertz CT molecular complexity index is 338. The van der Waals surface area contributed by atoms with Crippen LogP contribution in [0.4, 0.5) is 0 Å². The van der Waals surface area contributed by atoms with Gasteiger partial charge in [0.25, 0.3) is 0 Å². The summed E-state index contributed by atoms with van der Waals surface area (Å²) in [5, 5.41) is 0. The molecule has 0 bridgehead atoms. The summed E-state index contributed by atoms with van der Waals surface area (Å²) in [6.07, 6.45) is 0. The van der Waals surface area contributed by atoms with Crippen molar-refractivity contribution in [3.8, 4) is 5.75 Å². The fourth-order valence-electron chi connectivity index (χ4n) is 0.751. The van der Waals surface area contributed by atoms with Gasteiger partial charge in [-0.15, -0.1) is 0 Å². The van der Waals surface area contributed by atoms with E-state index in [1.165, 1.54) is 0 Å². The molecule has 0 atom stereocenters. The summed E-state index contributed by atoms with van der Waals surface area (Å²) < 4.78 is 0. The minimum atomic E-state index is -0.564. The van der Waals surface area contributed by atoms with Crippen molar-refractivity contribution >= 4 is 5.97 Å². The minimum absolute atomic E-state index is 0.303. The molecule has 0 radical (unpaired) electrons. The molecule has 0 aliphatic carbocycles. The Morgan fingerprint density at radius 3 is 2.36 bits per heavy atom. The first-order valence-electron chi connectivity index (χ1n) is 4.20. The van der Waals surface area contributed by atoms with Gasteiger partial charge in [-0.3, -0.25) is 4.89 Å². The molecule has 1 aromatic carbocycles. The molecule has 14 heavy (non-hydrogen) atoms. The molecule has 74 valence electrons. The second-order valence-corrected chi connectivity index (χ2v) is 3.05. The van der Waals surface area contributed by atoms with Crippen LogP contribution in [0.5, 0.6) is 5.75 Å². The van der Waals surface area contributed by atoms with Crippen molar-refractivity contribution in [3.63, 3.8) is 0 Å². The van der Waals surface area contributed by atoms with Crippen LogP contribution in [0.15, 0.2) is 36.4 Å². The van der Waals surface area contributed by atoms with Crippen LogP contribution in [0.3, 0.4) is 0 Å². The zero-order chi connectivity index (χ0) is 10.6.